The van der Waals surface area contributed by atoms with E-state index in [2.05, 4.69) is 19.9 Å². The number of alkyl halides is 2. The van der Waals surface area contributed by atoms with E-state index in [-0.39, 0.29) is 11.7 Å². The molecule has 162 valence electrons. The summed E-state index contributed by atoms with van der Waals surface area (Å²) in [4.78, 5) is 15.7. The Bertz CT molecular complexity index is 1080. The summed E-state index contributed by atoms with van der Waals surface area (Å²) in [5.74, 6) is -1.88. The molecule has 0 spiro atoms. The highest BCUT2D eigenvalue weighted by Gasteiger charge is 2.34. The number of rotatable bonds is 5. The molecule has 0 aliphatic carbocycles. The number of allylic oxidation sites excluding steroid dienone is 1. The van der Waals surface area contributed by atoms with Crippen LogP contribution in [0.5, 0.6) is 5.88 Å². The molecule has 2 N–H and O–H groups in total. The average molecular weight is 445 g/mol. The number of hydrogen-bond donors (Lipinski definition) is 2. The van der Waals surface area contributed by atoms with Crippen LogP contribution >= 0.6 is 11.8 Å². The van der Waals surface area contributed by atoms with E-state index in [0.717, 1.165) is 35.8 Å². The predicted octanol–water partition coefficient (Wildman–Crippen LogP) is 4.54. The van der Waals surface area contributed by atoms with Crippen LogP contribution in [-0.4, -0.2) is 44.9 Å². The Kier molecular flexibility index (Phi) is 5.50. The van der Waals surface area contributed by atoms with E-state index in [9.17, 15) is 8.78 Å². The van der Waals surface area contributed by atoms with E-state index in [0.29, 0.717) is 41.0 Å². The first kappa shape index (κ1) is 21.4. The number of halogens is 2. The number of nitrogens with zero attached hydrogens (tertiary/aromatic N) is 4. The molecule has 7 nitrogen and oxygen atoms in total. The second kappa shape index (κ2) is 7.99. The normalized spacial score (nSPS) is 20.1. The molecule has 0 bridgehead atoms. The zero-order chi connectivity index (χ0) is 22.3. The Morgan fingerprint density at radius 1 is 1.26 bits per heavy atom. The molecule has 1 fully saturated rings. The highest BCUT2D eigenvalue weighted by atomic mass is 32.2. The standard InChI is InChI=1S/C21H22F2N6OS/c1-11(12(2)24)16-17-18(31-19(16)25)20(28-10-27-17)29-7-6-14(9-29)30-15-5-4-13(8-26-15)21(3,22)23/h4-5,8,10,14,24-25H,6-7,9H2,1-3H3/b16-11-,24-12?,25-19?/t14-/m0/s1. The van der Waals surface area contributed by atoms with E-state index in [1.807, 2.05) is 6.92 Å². The van der Waals surface area contributed by atoms with Gasteiger partial charge in [-0.15, -0.1) is 0 Å². The number of pyridine rings is 1. The van der Waals surface area contributed by atoms with Gasteiger partial charge in [-0.05, 0) is 25.5 Å². The molecule has 4 heterocycles. The van der Waals surface area contributed by atoms with Gasteiger partial charge in [0.1, 0.15) is 23.3 Å². The quantitative estimate of drug-likeness (QED) is 0.657. The van der Waals surface area contributed by atoms with Crippen LogP contribution in [0.1, 0.15) is 38.4 Å². The summed E-state index contributed by atoms with van der Waals surface area (Å²) in [6.45, 7) is 5.63. The van der Waals surface area contributed by atoms with Crippen molar-refractivity contribution in [2.75, 3.05) is 18.0 Å². The van der Waals surface area contributed by atoms with Crippen molar-refractivity contribution in [1.82, 2.24) is 15.0 Å². The van der Waals surface area contributed by atoms with Gasteiger partial charge in [-0.1, -0.05) is 11.8 Å². The molecule has 2 aliphatic rings. The van der Waals surface area contributed by atoms with Crippen LogP contribution in [-0.2, 0) is 5.92 Å². The first-order chi connectivity index (χ1) is 14.6. The van der Waals surface area contributed by atoms with Crippen LogP contribution in [0.4, 0.5) is 14.6 Å². The summed E-state index contributed by atoms with van der Waals surface area (Å²) in [6, 6.07) is 2.80. The molecule has 2 aliphatic heterocycles. The summed E-state index contributed by atoms with van der Waals surface area (Å²) < 4.78 is 32.6. The van der Waals surface area contributed by atoms with Crippen molar-refractivity contribution in [1.29, 1.82) is 10.8 Å². The fraction of sp³-hybridized carbons (Fsp3) is 0.381. The minimum atomic E-state index is -2.93. The van der Waals surface area contributed by atoms with Gasteiger partial charge in [0, 0.05) is 49.0 Å². The van der Waals surface area contributed by atoms with Crippen LogP contribution in [0.25, 0.3) is 5.57 Å². The maximum Gasteiger partial charge on any atom is 0.272 e. The fourth-order valence-corrected chi connectivity index (χ4v) is 4.64. The van der Waals surface area contributed by atoms with Crippen LogP contribution in [0, 0.1) is 10.8 Å². The third kappa shape index (κ3) is 4.16. The van der Waals surface area contributed by atoms with Crippen LogP contribution in [0.15, 0.2) is 35.1 Å². The highest BCUT2D eigenvalue weighted by molar-refractivity contribution is 8.15. The van der Waals surface area contributed by atoms with Crippen molar-refractivity contribution in [3.8, 4) is 5.88 Å². The van der Waals surface area contributed by atoms with Crippen molar-refractivity contribution in [2.45, 2.75) is 44.1 Å². The molecule has 2 aromatic rings. The number of fused-ring (bicyclic) bond motifs is 1. The smallest absolute Gasteiger partial charge is 0.272 e. The van der Waals surface area contributed by atoms with Crippen molar-refractivity contribution < 1.29 is 13.5 Å². The van der Waals surface area contributed by atoms with Gasteiger partial charge >= 0.3 is 0 Å². The van der Waals surface area contributed by atoms with Gasteiger partial charge in [-0.2, -0.15) is 0 Å². The SMILES string of the molecule is CC(=N)/C(C)=C1\C(=N)Sc2c1ncnc2N1CC[C@H](Oc2ccc(C(C)(F)F)cn2)C1. The largest absolute Gasteiger partial charge is 0.472 e. The maximum absolute atomic E-state index is 13.4. The van der Waals surface area contributed by atoms with Gasteiger partial charge in [0.05, 0.1) is 17.1 Å². The van der Waals surface area contributed by atoms with Crippen molar-refractivity contribution in [3.05, 3.63) is 41.5 Å². The number of thioether (sulfide) groups is 1. The summed E-state index contributed by atoms with van der Waals surface area (Å²) in [5, 5.41) is 16.6. The monoisotopic (exact) mass is 444 g/mol. The minimum Gasteiger partial charge on any atom is -0.472 e. The third-order valence-electron chi connectivity index (χ3n) is 5.37. The molecular formula is C21H22F2N6OS. The van der Waals surface area contributed by atoms with E-state index >= 15 is 0 Å². The van der Waals surface area contributed by atoms with Gasteiger partial charge in [0.15, 0.2) is 0 Å². The third-order valence-corrected chi connectivity index (χ3v) is 6.35. The van der Waals surface area contributed by atoms with Gasteiger partial charge in [-0.3, -0.25) is 5.41 Å². The Morgan fingerprint density at radius 3 is 2.68 bits per heavy atom. The van der Waals surface area contributed by atoms with Crippen LogP contribution in [0.3, 0.4) is 0 Å². The zero-order valence-electron chi connectivity index (χ0n) is 17.4. The number of hydrogen-bond acceptors (Lipinski definition) is 8. The summed E-state index contributed by atoms with van der Waals surface area (Å²) in [7, 11) is 0. The first-order valence-electron chi connectivity index (χ1n) is 9.79. The molecule has 0 radical (unpaired) electrons. The molecule has 4 rings (SSSR count). The summed E-state index contributed by atoms with van der Waals surface area (Å²) in [5.41, 5.74) is 2.35. The van der Waals surface area contributed by atoms with Crippen molar-refractivity contribution in [2.24, 2.45) is 0 Å². The zero-order valence-corrected chi connectivity index (χ0v) is 18.2. The Balaban J connectivity index is 1.52. The molecule has 0 aromatic carbocycles. The lowest BCUT2D eigenvalue weighted by molar-refractivity contribution is 0.0170. The number of aromatic nitrogens is 3. The summed E-state index contributed by atoms with van der Waals surface area (Å²) in [6.07, 6.45) is 3.20. The lowest BCUT2D eigenvalue weighted by Crippen LogP contribution is -2.26. The Morgan fingerprint density at radius 2 is 2.03 bits per heavy atom. The Hall–Kier alpha value is -2.88. The van der Waals surface area contributed by atoms with Gasteiger partial charge in [0.25, 0.3) is 5.92 Å². The lowest BCUT2D eigenvalue weighted by Gasteiger charge is -2.19. The Labute approximate surface area is 183 Å². The summed E-state index contributed by atoms with van der Waals surface area (Å²) >= 11 is 1.31. The molecule has 10 heteroatoms. The molecule has 0 unspecified atom stereocenters. The average Bonchev–Trinajstić information content (AvgIpc) is 3.30. The maximum atomic E-state index is 13.4. The molecule has 1 saturated heterocycles. The van der Waals surface area contributed by atoms with Gasteiger partial charge < -0.3 is 15.0 Å². The van der Waals surface area contributed by atoms with Crippen LogP contribution in [0.2, 0.25) is 0 Å². The topological polar surface area (TPSA) is 98.8 Å². The van der Waals surface area contributed by atoms with Crippen LogP contribution < -0.4 is 9.64 Å². The second-order valence-corrected chi connectivity index (χ2v) is 8.70. The number of ether oxygens (including phenoxy) is 1. The van der Waals surface area contributed by atoms with Gasteiger partial charge in [0.2, 0.25) is 5.88 Å². The molecule has 0 saturated carbocycles. The van der Waals surface area contributed by atoms with Gasteiger partial charge in [-0.25, -0.2) is 23.7 Å². The number of nitrogens with one attached hydrogen (secondary N) is 2. The fourth-order valence-electron chi connectivity index (χ4n) is 3.56. The molecule has 1 atom stereocenters. The molecule has 2 aromatic heterocycles. The predicted molar refractivity (Wildman–Crippen MR) is 117 cm³/mol. The number of anilines is 1. The minimum absolute atomic E-state index is 0.150. The molecular weight excluding hydrogens is 422 g/mol. The van der Waals surface area contributed by atoms with Crippen molar-refractivity contribution in [3.63, 3.8) is 0 Å². The molecule has 0 amide bonds. The van der Waals surface area contributed by atoms with Crippen molar-refractivity contribution >= 4 is 33.9 Å². The van der Waals surface area contributed by atoms with E-state index < -0.39 is 5.92 Å². The lowest BCUT2D eigenvalue weighted by atomic mass is 10.0. The van der Waals surface area contributed by atoms with E-state index in [1.165, 1.54) is 30.2 Å². The second-order valence-electron chi connectivity index (χ2n) is 7.68. The first-order valence-corrected chi connectivity index (χ1v) is 10.6. The van der Waals surface area contributed by atoms with E-state index in [4.69, 9.17) is 15.6 Å². The highest BCUT2D eigenvalue weighted by Crippen LogP contribution is 2.45. The van der Waals surface area contributed by atoms with E-state index in [1.54, 1.807) is 6.92 Å². The molecule has 31 heavy (non-hydrogen) atoms.